The summed E-state index contributed by atoms with van der Waals surface area (Å²) in [6.07, 6.45) is 2.93. The molecule has 3 rings (SSSR count). The number of aromatic nitrogens is 2. The fraction of sp³-hybridized carbons (Fsp3) is 0.733. The summed E-state index contributed by atoms with van der Waals surface area (Å²) in [4.78, 5) is 14.8. The third kappa shape index (κ3) is 2.82. The number of morpholine rings is 1. The lowest BCUT2D eigenvalue weighted by Gasteiger charge is -2.33. The van der Waals surface area contributed by atoms with Crippen LogP contribution in [0.2, 0.25) is 0 Å². The van der Waals surface area contributed by atoms with E-state index in [1.165, 1.54) is 0 Å². The summed E-state index contributed by atoms with van der Waals surface area (Å²) in [5, 5.41) is 7.39. The van der Waals surface area contributed by atoms with Crippen molar-refractivity contribution in [3.8, 4) is 0 Å². The lowest BCUT2D eigenvalue weighted by molar-refractivity contribution is -0.0390. The molecular formula is C15H24N4O2. The maximum Gasteiger partial charge on any atom is 0.255 e. The van der Waals surface area contributed by atoms with E-state index in [0.29, 0.717) is 17.7 Å². The first-order valence-electron chi connectivity index (χ1n) is 7.77. The van der Waals surface area contributed by atoms with Crippen molar-refractivity contribution in [1.82, 2.24) is 20.0 Å². The quantitative estimate of drug-likeness (QED) is 0.895. The van der Waals surface area contributed by atoms with Crippen molar-refractivity contribution in [3.05, 3.63) is 17.5 Å². The lowest BCUT2D eigenvalue weighted by atomic mass is 10.1. The molecule has 0 spiro atoms. The van der Waals surface area contributed by atoms with Crippen molar-refractivity contribution in [3.63, 3.8) is 0 Å². The van der Waals surface area contributed by atoms with Crippen molar-refractivity contribution in [2.45, 2.75) is 51.9 Å². The van der Waals surface area contributed by atoms with Gasteiger partial charge in [-0.05, 0) is 27.2 Å². The molecule has 2 aliphatic heterocycles. The zero-order chi connectivity index (χ0) is 15.0. The minimum atomic E-state index is -0.00832. The Labute approximate surface area is 125 Å². The number of carbonyl (C=O) groups excluding carboxylic acids is 1. The van der Waals surface area contributed by atoms with Crippen LogP contribution in [0.1, 0.15) is 36.3 Å². The highest BCUT2D eigenvalue weighted by Gasteiger charge is 2.37. The van der Waals surface area contributed by atoms with Crippen molar-refractivity contribution in [2.75, 3.05) is 19.7 Å². The molecule has 2 saturated heterocycles. The summed E-state index contributed by atoms with van der Waals surface area (Å²) >= 11 is 0. The molecule has 0 saturated carbocycles. The molecule has 0 bridgehead atoms. The van der Waals surface area contributed by atoms with Gasteiger partial charge in [0, 0.05) is 37.4 Å². The summed E-state index contributed by atoms with van der Waals surface area (Å²) in [7, 11) is 0. The van der Waals surface area contributed by atoms with E-state index >= 15 is 0 Å². The van der Waals surface area contributed by atoms with Gasteiger partial charge < -0.3 is 10.1 Å². The second-order valence-corrected chi connectivity index (χ2v) is 6.12. The summed E-state index contributed by atoms with van der Waals surface area (Å²) < 4.78 is 7.55. The molecule has 2 fully saturated rings. The van der Waals surface area contributed by atoms with Crippen LogP contribution in [-0.2, 0) is 11.3 Å². The smallest absolute Gasteiger partial charge is 0.255 e. The Balaban J connectivity index is 1.62. The Morgan fingerprint density at radius 1 is 1.52 bits per heavy atom. The van der Waals surface area contributed by atoms with Gasteiger partial charge in [0.05, 0.1) is 24.5 Å². The van der Waals surface area contributed by atoms with Crippen LogP contribution in [0.15, 0.2) is 6.20 Å². The maximum atomic E-state index is 12.4. The Bertz CT molecular complexity index is 528. The van der Waals surface area contributed by atoms with Gasteiger partial charge in [-0.15, -0.1) is 0 Å². The number of nitrogens with zero attached hydrogens (tertiary/aromatic N) is 3. The van der Waals surface area contributed by atoms with Crippen molar-refractivity contribution < 1.29 is 9.53 Å². The van der Waals surface area contributed by atoms with Crippen molar-refractivity contribution >= 4 is 5.91 Å². The molecule has 1 aromatic heterocycles. The normalized spacial score (nSPS) is 29.4. The largest absolute Gasteiger partial charge is 0.376 e. The molecule has 0 aromatic carbocycles. The molecule has 0 aliphatic carbocycles. The van der Waals surface area contributed by atoms with E-state index in [4.69, 9.17) is 4.74 Å². The van der Waals surface area contributed by atoms with Gasteiger partial charge >= 0.3 is 0 Å². The number of fused-ring (bicyclic) bond motifs is 1. The predicted octanol–water partition coefficient (Wildman–Crippen LogP) is 0.803. The lowest BCUT2D eigenvalue weighted by Crippen LogP contribution is -2.45. The van der Waals surface area contributed by atoms with E-state index in [2.05, 4.69) is 22.2 Å². The van der Waals surface area contributed by atoms with Crippen LogP contribution in [0.25, 0.3) is 0 Å². The first kappa shape index (κ1) is 14.5. The third-order valence-corrected chi connectivity index (χ3v) is 4.58. The zero-order valence-corrected chi connectivity index (χ0v) is 13.0. The van der Waals surface area contributed by atoms with E-state index in [9.17, 15) is 4.79 Å². The van der Waals surface area contributed by atoms with E-state index in [-0.39, 0.29) is 11.9 Å². The molecule has 0 unspecified atom stereocenters. The Kier molecular flexibility index (Phi) is 3.99. The zero-order valence-electron chi connectivity index (χ0n) is 13.0. The number of rotatable bonds is 3. The second-order valence-electron chi connectivity index (χ2n) is 6.12. The van der Waals surface area contributed by atoms with E-state index in [0.717, 1.165) is 38.4 Å². The molecule has 3 heterocycles. The first-order chi connectivity index (χ1) is 10.1. The van der Waals surface area contributed by atoms with Crippen LogP contribution in [-0.4, -0.2) is 58.5 Å². The summed E-state index contributed by atoms with van der Waals surface area (Å²) in [5.74, 6) is -0.00832. The van der Waals surface area contributed by atoms with Crippen LogP contribution in [0.5, 0.6) is 0 Å². The topological polar surface area (TPSA) is 59.4 Å². The molecule has 6 heteroatoms. The number of ether oxygens (including phenoxy) is 1. The van der Waals surface area contributed by atoms with Gasteiger partial charge in [0.25, 0.3) is 5.91 Å². The number of hydrogen-bond donors (Lipinski definition) is 1. The van der Waals surface area contributed by atoms with E-state index in [1.54, 1.807) is 6.20 Å². The van der Waals surface area contributed by atoms with Gasteiger partial charge in [-0.1, -0.05) is 0 Å². The highest BCUT2D eigenvalue weighted by molar-refractivity contribution is 5.95. The van der Waals surface area contributed by atoms with Crippen LogP contribution >= 0.6 is 0 Å². The molecule has 6 nitrogen and oxygen atoms in total. The van der Waals surface area contributed by atoms with Gasteiger partial charge in [-0.3, -0.25) is 14.4 Å². The molecule has 0 radical (unpaired) electrons. The van der Waals surface area contributed by atoms with Crippen LogP contribution in [0.4, 0.5) is 0 Å². The molecule has 2 aliphatic rings. The summed E-state index contributed by atoms with van der Waals surface area (Å²) in [6.45, 7) is 9.52. The highest BCUT2D eigenvalue weighted by Crippen LogP contribution is 2.23. The maximum absolute atomic E-state index is 12.4. The Morgan fingerprint density at radius 3 is 3.05 bits per heavy atom. The first-order valence-corrected chi connectivity index (χ1v) is 7.77. The summed E-state index contributed by atoms with van der Waals surface area (Å²) in [5.41, 5.74) is 1.62. The van der Waals surface area contributed by atoms with Gasteiger partial charge in [0.1, 0.15) is 0 Å². The minimum absolute atomic E-state index is 0.00832. The van der Waals surface area contributed by atoms with E-state index < -0.39 is 0 Å². The van der Waals surface area contributed by atoms with Gasteiger partial charge in [0.15, 0.2) is 0 Å². The number of hydrogen-bond acceptors (Lipinski definition) is 4. The fourth-order valence-electron chi connectivity index (χ4n) is 3.40. The van der Waals surface area contributed by atoms with Gasteiger partial charge in [-0.2, -0.15) is 5.10 Å². The molecule has 1 N–H and O–H groups in total. The predicted molar refractivity (Wildman–Crippen MR) is 79.3 cm³/mol. The van der Waals surface area contributed by atoms with E-state index in [1.807, 2.05) is 18.5 Å². The number of carbonyl (C=O) groups is 1. The van der Waals surface area contributed by atoms with Crippen LogP contribution in [0, 0.1) is 6.92 Å². The van der Waals surface area contributed by atoms with Crippen molar-refractivity contribution in [1.29, 1.82) is 0 Å². The van der Waals surface area contributed by atoms with Gasteiger partial charge in [0.2, 0.25) is 0 Å². The molecule has 21 heavy (non-hydrogen) atoms. The van der Waals surface area contributed by atoms with Crippen molar-refractivity contribution in [2.24, 2.45) is 0 Å². The summed E-state index contributed by atoms with van der Waals surface area (Å²) in [6, 6.07) is 0.659. The molecular weight excluding hydrogens is 268 g/mol. The number of nitrogens with one attached hydrogen (secondary N) is 1. The number of aryl methyl sites for hydroxylation is 1. The fourth-order valence-corrected chi connectivity index (χ4v) is 3.40. The molecule has 1 amide bonds. The third-order valence-electron chi connectivity index (χ3n) is 4.58. The molecule has 116 valence electrons. The molecule has 1 aromatic rings. The van der Waals surface area contributed by atoms with Gasteiger partial charge in [-0.25, -0.2) is 0 Å². The second kappa shape index (κ2) is 5.77. The molecule has 3 atom stereocenters. The average molecular weight is 292 g/mol. The Hall–Kier alpha value is -1.40. The van der Waals surface area contributed by atoms with Crippen LogP contribution in [0.3, 0.4) is 0 Å². The SMILES string of the molecule is CCn1ncc(C(=O)N[C@H]2C[C@H]3CO[C@H](C)CN3C2)c1C. The van der Waals surface area contributed by atoms with Crippen LogP contribution < -0.4 is 5.32 Å². The Morgan fingerprint density at radius 2 is 2.33 bits per heavy atom. The average Bonchev–Trinajstić information content (AvgIpc) is 3.00. The minimum Gasteiger partial charge on any atom is -0.376 e. The highest BCUT2D eigenvalue weighted by atomic mass is 16.5. The number of amides is 1. The standard InChI is InChI=1S/C15H24N4O2/c1-4-19-11(3)14(6-16-19)15(20)17-12-5-13-9-21-10(2)7-18(13)8-12/h6,10,12-13H,4-5,7-9H2,1-3H3,(H,17,20)/t10-,12+,13+/m1/s1. The monoisotopic (exact) mass is 292 g/mol.